The average molecular weight is 409 g/mol. The van der Waals surface area contributed by atoms with Crippen LogP contribution in [0, 0.1) is 10.1 Å². The van der Waals surface area contributed by atoms with Crippen LogP contribution in [0.25, 0.3) is 0 Å². The van der Waals surface area contributed by atoms with Gasteiger partial charge < -0.3 is 0 Å². The molecular weight excluding hydrogens is 393 g/mol. The van der Waals surface area contributed by atoms with Gasteiger partial charge in [0.15, 0.2) is 0 Å². The molecule has 9 heteroatoms. The zero-order valence-electron chi connectivity index (χ0n) is 13.2. The summed E-state index contributed by atoms with van der Waals surface area (Å²) in [6, 6.07) is 10.4. The molecule has 3 N–H and O–H groups in total. The van der Waals surface area contributed by atoms with Gasteiger partial charge in [0.2, 0.25) is 0 Å². The SMILES string of the molecule is COC(CN=C([Se])Nc1ccc([N+](=O)[O-])cc1)c1ccc(O)c(O)c1. The van der Waals surface area contributed by atoms with Crippen molar-refractivity contribution >= 4 is 32.1 Å². The maximum absolute atomic E-state index is 10.6. The molecule has 0 aliphatic rings. The minimum absolute atomic E-state index is 0.00991. The van der Waals surface area contributed by atoms with Crippen molar-refractivity contribution in [3.8, 4) is 11.5 Å². The molecule has 8 nitrogen and oxygen atoms in total. The zero-order chi connectivity index (χ0) is 18.4. The number of ether oxygens (including phenoxy) is 1. The Balaban J connectivity index is 2.02. The maximum atomic E-state index is 10.6. The Hall–Kier alpha value is -2.61. The van der Waals surface area contributed by atoms with Crippen LogP contribution in [0.4, 0.5) is 11.4 Å². The number of aromatic hydroxyl groups is 2. The summed E-state index contributed by atoms with van der Waals surface area (Å²) in [7, 11) is 1.52. The van der Waals surface area contributed by atoms with Crippen molar-refractivity contribution in [2.75, 3.05) is 19.0 Å². The van der Waals surface area contributed by atoms with Crippen LogP contribution in [0.3, 0.4) is 0 Å². The summed E-state index contributed by atoms with van der Waals surface area (Å²) in [5, 5.41) is 32.5. The second-order valence-corrected chi connectivity index (χ2v) is 5.86. The fraction of sp³-hybridized carbons (Fsp3) is 0.188. The monoisotopic (exact) mass is 410 g/mol. The van der Waals surface area contributed by atoms with Gasteiger partial charge in [-0.25, -0.2) is 0 Å². The average Bonchev–Trinajstić information content (AvgIpc) is 2.59. The van der Waals surface area contributed by atoms with Crippen LogP contribution in [-0.2, 0) is 4.74 Å². The van der Waals surface area contributed by atoms with Crippen molar-refractivity contribution in [3.05, 3.63) is 58.1 Å². The third-order valence-corrected chi connectivity index (χ3v) is 3.87. The second kappa shape index (κ2) is 8.48. The van der Waals surface area contributed by atoms with Gasteiger partial charge in [-0.1, -0.05) is 0 Å². The number of non-ortho nitro benzene ring substituents is 1. The molecule has 0 saturated carbocycles. The van der Waals surface area contributed by atoms with Crippen LogP contribution in [-0.4, -0.2) is 49.5 Å². The standard InChI is InChI=1S/C16H16N3O5Se/c1-24-15(10-2-7-13(20)14(21)8-10)9-17-16(25)18-11-3-5-12(6-4-11)19(22)23/h2-8,15,20-21H,9H2,1H3,(H,17,18). The number of phenols is 2. The molecule has 1 radical (unpaired) electrons. The normalized spacial score (nSPS) is 12.6. The van der Waals surface area contributed by atoms with Gasteiger partial charge in [-0.15, -0.1) is 0 Å². The molecule has 0 spiro atoms. The molecule has 25 heavy (non-hydrogen) atoms. The number of benzene rings is 2. The van der Waals surface area contributed by atoms with Crippen molar-refractivity contribution in [2.24, 2.45) is 4.99 Å². The van der Waals surface area contributed by atoms with Gasteiger partial charge in [0, 0.05) is 0 Å². The molecule has 0 bridgehead atoms. The van der Waals surface area contributed by atoms with Gasteiger partial charge in [-0.3, -0.25) is 0 Å². The fourth-order valence-electron chi connectivity index (χ4n) is 2.05. The number of nitro benzene ring substituents is 1. The summed E-state index contributed by atoms with van der Waals surface area (Å²) >= 11 is 2.77. The van der Waals surface area contributed by atoms with Crippen molar-refractivity contribution in [1.82, 2.24) is 0 Å². The Labute approximate surface area is 152 Å². The molecular formula is C16H16N3O5Se. The molecule has 0 heterocycles. The van der Waals surface area contributed by atoms with Crippen LogP contribution >= 0.6 is 0 Å². The summed E-state index contributed by atoms with van der Waals surface area (Å²) in [6.07, 6.45) is -0.409. The van der Waals surface area contributed by atoms with E-state index < -0.39 is 11.0 Å². The summed E-state index contributed by atoms with van der Waals surface area (Å²) in [6.45, 7) is 0.267. The number of rotatable bonds is 6. The van der Waals surface area contributed by atoms with E-state index in [0.717, 1.165) is 0 Å². The van der Waals surface area contributed by atoms with Crippen LogP contribution in [0.2, 0.25) is 0 Å². The number of nitrogens with zero attached hydrogens (tertiary/aromatic N) is 2. The molecule has 0 aromatic heterocycles. The Morgan fingerprint density at radius 3 is 2.52 bits per heavy atom. The molecule has 1 unspecified atom stereocenters. The van der Waals surface area contributed by atoms with E-state index in [1.54, 1.807) is 18.2 Å². The predicted octanol–water partition coefficient (Wildman–Crippen LogP) is 2.33. The molecule has 2 rings (SSSR count). The van der Waals surface area contributed by atoms with E-state index >= 15 is 0 Å². The van der Waals surface area contributed by atoms with E-state index in [1.165, 1.54) is 31.4 Å². The topological polar surface area (TPSA) is 117 Å². The molecule has 0 saturated heterocycles. The molecule has 0 aliphatic carbocycles. The number of aliphatic imine (C=N–C) groups is 1. The van der Waals surface area contributed by atoms with E-state index in [1.807, 2.05) is 0 Å². The van der Waals surface area contributed by atoms with Gasteiger partial charge in [0.1, 0.15) is 0 Å². The number of methoxy groups -OCH3 is 1. The Morgan fingerprint density at radius 2 is 1.96 bits per heavy atom. The van der Waals surface area contributed by atoms with E-state index in [4.69, 9.17) is 4.74 Å². The molecule has 0 aliphatic heterocycles. The van der Waals surface area contributed by atoms with Crippen molar-refractivity contribution in [3.63, 3.8) is 0 Å². The number of hydrogen-bond donors (Lipinski definition) is 3. The van der Waals surface area contributed by atoms with Crippen LogP contribution in [0.1, 0.15) is 11.7 Å². The molecule has 0 fully saturated rings. The first-order chi connectivity index (χ1) is 11.9. The number of nitro groups is 1. The van der Waals surface area contributed by atoms with Crippen LogP contribution in [0.5, 0.6) is 11.5 Å². The summed E-state index contributed by atoms with van der Waals surface area (Å²) < 4.78 is 5.84. The van der Waals surface area contributed by atoms with Gasteiger partial charge in [0.25, 0.3) is 0 Å². The van der Waals surface area contributed by atoms with Crippen molar-refractivity contribution in [1.29, 1.82) is 0 Å². The number of hydrogen-bond acceptors (Lipinski definition) is 6. The van der Waals surface area contributed by atoms with Crippen molar-refractivity contribution in [2.45, 2.75) is 6.10 Å². The summed E-state index contributed by atoms with van der Waals surface area (Å²) in [5.41, 5.74) is 1.33. The molecule has 0 amide bonds. The third kappa shape index (κ3) is 5.18. The molecule has 1 atom stereocenters. The Morgan fingerprint density at radius 1 is 1.28 bits per heavy atom. The predicted molar refractivity (Wildman–Crippen MR) is 94.3 cm³/mol. The number of amidine groups is 1. The molecule has 131 valence electrons. The van der Waals surface area contributed by atoms with Crippen LogP contribution < -0.4 is 5.32 Å². The third-order valence-electron chi connectivity index (χ3n) is 3.39. The number of nitrogens with one attached hydrogen (secondary N) is 1. The van der Waals surface area contributed by atoms with Gasteiger partial charge in [0.05, 0.1) is 0 Å². The molecule has 2 aromatic carbocycles. The first-order valence-electron chi connectivity index (χ1n) is 7.18. The number of phenolic OH excluding ortho intramolecular Hbond substituents is 2. The fourth-order valence-corrected chi connectivity index (χ4v) is 2.46. The Kier molecular flexibility index (Phi) is 6.35. The van der Waals surface area contributed by atoms with Crippen LogP contribution in [0.15, 0.2) is 47.5 Å². The summed E-state index contributed by atoms with van der Waals surface area (Å²) in [5.74, 6) is -0.428. The minimum atomic E-state index is -0.465. The number of anilines is 1. The second-order valence-electron chi connectivity index (χ2n) is 5.05. The van der Waals surface area contributed by atoms with Crippen molar-refractivity contribution < 1.29 is 19.9 Å². The van der Waals surface area contributed by atoms with E-state index in [9.17, 15) is 20.3 Å². The van der Waals surface area contributed by atoms with Gasteiger partial charge >= 0.3 is 152 Å². The van der Waals surface area contributed by atoms with E-state index in [2.05, 4.69) is 26.3 Å². The zero-order valence-corrected chi connectivity index (χ0v) is 15.0. The Bertz CT molecular complexity index is 780. The van der Waals surface area contributed by atoms with Gasteiger partial charge in [-0.2, -0.15) is 0 Å². The van der Waals surface area contributed by atoms with Gasteiger partial charge in [-0.05, 0) is 0 Å². The molecule has 2 aromatic rings. The quantitative estimate of drug-likeness (QED) is 0.168. The van der Waals surface area contributed by atoms with E-state index in [0.29, 0.717) is 16.0 Å². The first-order valence-corrected chi connectivity index (χ1v) is 8.04. The van der Waals surface area contributed by atoms with E-state index in [-0.39, 0.29) is 23.7 Å². The summed E-state index contributed by atoms with van der Waals surface area (Å²) in [4.78, 5) is 14.5. The first kappa shape index (κ1) is 18.7.